The van der Waals surface area contributed by atoms with E-state index in [0.717, 1.165) is 41.9 Å². The minimum Gasteiger partial charge on any atom is -0.387 e. The Labute approximate surface area is 325 Å². The number of hydrogen-bond acceptors (Lipinski definition) is 4. The molecule has 0 radical (unpaired) electrons. The van der Waals surface area contributed by atoms with Crippen molar-refractivity contribution in [2.24, 2.45) is 4.99 Å². The fraction of sp³-hybridized carbons (Fsp3) is 0.100. The number of para-hydroxylation sites is 2. The molecule has 6 heteroatoms. The molecule has 2 aliphatic heterocycles. The van der Waals surface area contributed by atoms with E-state index < -0.39 is 0 Å². The van der Waals surface area contributed by atoms with Gasteiger partial charge < -0.3 is 19.8 Å². The summed E-state index contributed by atoms with van der Waals surface area (Å²) in [6.45, 7) is 0.788. The van der Waals surface area contributed by atoms with Gasteiger partial charge in [-0.25, -0.2) is 4.99 Å². The molecule has 3 N–H and O–H groups in total. The van der Waals surface area contributed by atoms with Gasteiger partial charge >= 0.3 is 0 Å². The predicted octanol–water partition coefficient (Wildman–Crippen LogP) is 10.7. The standard InChI is InChI=1S/C50H40N6/c1-3-11-33(12-4-1)48-52-49(54-50(53-48)35-27-29-51-30-28-35)34-19-23-39(24-20-34)56-45-18-10-8-16-41(45)43-32-37(22-26-47(43)56)36-21-25-46-42(31-36)40-15-7-9-17-44(40)55(46)38-13-5-2-6-14-38/h1-9,11-17,19-29,31-32,48-49,51-52H,10,18,30H2,(H,53,54). The molecule has 8 aromatic rings. The van der Waals surface area contributed by atoms with Gasteiger partial charge in [-0.15, -0.1) is 0 Å². The van der Waals surface area contributed by atoms with Crippen molar-refractivity contribution in [2.75, 3.05) is 6.54 Å². The van der Waals surface area contributed by atoms with Gasteiger partial charge in [-0.2, -0.15) is 0 Å². The molecule has 0 fully saturated rings. The first-order chi connectivity index (χ1) is 27.8. The maximum absolute atomic E-state index is 5.10. The summed E-state index contributed by atoms with van der Waals surface area (Å²) in [5.74, 6) is 0.901. The number of fused-ring (bicyclic) bond motifs is 6. The van der Waals surface area contributed by atoms with Crippen molar-refractivity contribution in [2.45, 2.75) is 25.2 Å². The van der Waals surface area contributed by atoms with Crippen LogP contribution < -0.4 is 16.0 Å². The van der Waals surface area contributed by atoms with Gasteiger partial charge in [-0.3, -0.25) is 5.32 Å². The van der Waals surface area contributed by atoms with Crippen LogP contribution in [0.4, 0.5) is 0 Å². The summed E-state index contributed by atoms with van der Waals surface area (Å²) in [5.41, 5.74) is 14.6. The zero-order chi connectivity index (χ0) is 37.0. The second-order valence-corrected chi connectivity index (χ2v) is 14.8. The maximum atomic E-state index is 5.10. The van der Waals surface area contributed by atoms with Crippen LogP contribution in [0.5, 0.6) is 0 Å². The van der Waals surface area contributed by atoms with E-state index in [1.807, 2.05) is 6.20 Å². The van der Waals surface area contributed by atoms with Crippen LogP contribution in [0, 0.1) is 0 Å². The largest absolute Gasteiger partial charge is 0.387 e. The Hall–Kier alpha value is -6.89. The number of nitrogens with zero attached hydrogens (tertiary/aromatic N) is 3. The Kier molecular flexibility index (Phi) is 7.81. The molecule has 0 saturated heterocycles. The van der Waals surface area contributed by atoms with Gasteiger partial charge in [0.1, 0.15) is 18.2 Å². The lowest BCUT2D eigenvalue weighted by Gasteiger charge is -2.33. The van der Waals surface area contributed by atoms with Crippen LogP contribution in [0.15, 0.2) is 181 Å². The molecular formula is C50H40N6. The molecule has 4 heterocycles. The summed E-state index contributed by atoms with van der Waals surface area (Å²) in [6.07, 6.45) is 12.7. The zero-order valence-electron chi connectivity index (χ0n) is 30.9. The summed E-state index contributed by atoms with van der Waals surface area (Å²) in [5, 5.41) is 14.5. The average Bonchev–Trinajstić information content (AvgIpc) is 3.79. The van der Waals surface area contributed by atoms with E-state index in [1.54, 1.807) is 0 Å². The second-order valence-electron chi connectivity index (χ2n) is 14.8. The summed E-state index contributed by atoms with van der Waals surface area (Å²) < 4.78 is 4.85. The summed E-state index contributed by atoms with van der Waals surface area (Å²) in [6, 6.07) is 52.9. The van der Waals surface area contributed by atoms with Crippen LogP contribution in [-0.2, 0) is 6.42 Å². The quantitative estimate of drug-likeness (QED) is 0.160. The van der Waals surface area contributed by atoms with E-state index in [9.17, 15) is 0 Å². The highest BCUT2D eigenvalue weighted by molar-refractivity contribution is 6.10. The average molecular weight is 725 g/mol. The number of nitrogens with one attached hydrogen (secondary N) is 3. The highest BCUT2D eigenvalue weighted by Gasteiger charge is 2.27. The van der Waals surface area contributed by atoms with Crippen LogP contribution in [0.25, 0.3) is 61.3 Å². The van der Waals surface area contributed by atoms with Crippen molar-refractivity contribution in [3.8, 4) is 22.5 Å². The van der Waals surface area contributed by atoms with Crippen molar-refractivity contribution < 1.29 is 0 Å². The lowest BCUT2D eigenvalue weighted by atomic mass is 9.98. The van der Waals surface area contributed by atoms with Crippen molar-refractivity contribution in [3.05, 3.63) is 198 Å². The number of benzene rings is 6. The van der Waals surface area contributed by atoms with Gasteiger partial charge in [0.15, 0.2) is 0 Å². The molecule has 6 aromatic carbocycles. The Bertz CT molecular complexity index is 2910. The van der Waals surface area contributed by atoms with Crippen molar-refractivity contribution in [1.82, 2.24) is 25.1 Å². The third-order valence-electron chi connectivity index (χ3n) is 11.5. The molecule has 56 heavy (non-hydrogen) atoms. The molecule has 0 saturated carbocycles. The van der Waals surface area contributed by atoms with E-state index in [0.29, 0.717) is 0 Å². The molecule has 0 amide bonds. The molecule has 3 aliphatic rings. The number of allylic oxidation sites excluding steroid dienone is 1. The maximum Gasteiger partial charge on any atom is 0.131 e. The molecule has 1 aliphatic carbocycles. The topological polar surface area (TPSA) is 58.3 Å². The molecule has 0 spiro atoms. The molecule has 270 valence electrons. The minimum absolute atomic E-state index is 0.106. The summed E-state index contributed by atoms with van der Waals surface area (Å²) in [4.78, 5) is 5.10. The molecule has 6 nitrogen and oxygen atoms in total. The van der Waals surface area contributed by atoms with Crippen molar-refractivity contribution in [3.63, 3.8) is 0 Å². The fourth-order valence-electron chi connectivity index (χ4n) is 8.83. The first kappa shape index (κ1) is 32.5. The first-order valence-corrected chi connectivity index (χ1v) is 19.6. The molecule has 11 rings (SSSR count). The second kappa shape index (κ2) is 13.4. The summed E-state index contributed by atoms with van der Waals surface area (Å²) in [7, 11) is 0. The smallest absolute Gasteiger partial charge is 0.131 e. The Morgan fingerprint density at radius 3 is 2.07 bits per heavy atom. The minimum atomic E-state index is -0.161. The van der Waals surface area contributed by atoms with Crippen LogP contribution in [-0.4, -0.2) is 21.5 Å². The number of aliphatic imine (C=N–C) groups is 1. The third kappa shape index (κ3) is 5.49. The molecule has 2 unspecified atom stereocenters. The molecule has 2 aromatic heterocycles. The number of aromatic nitrogens is 2. The highest BCUT2D eigenvalue weighted by atomic mass is 15.3. The van der Waals surface area contributed by atoms with E-state index >= 15 is 0 Å². The number of dihydropyridines is 1. The van der Waals surface area contributed by atoms with Gasteiger partial charge in [-0.1, -0.05) is 109 Å². The van der Waals surface area contributed by atoms with E-state index in [-0.39, 0.29) is 12.3 Å². The lowest BCUT2D eigenvalue weighted by Crippen LogP contribution is -2.45. The van der Waals surface area contributed by atoms with Crippen LogP contribution >= 0.6 is 0 Å². The van der Waals surface area contributed by atoms with Gasteiger partial charge in [0.05, 0.1) is 16.6 Å². The monoisotopic (exact) mass is 724 g/mol. The predicted molar refractivity (Wildman–Crippen MR) is 231 cm³/mol. The highest BCUT2D eigenvalue weighted by Crippen LogP contribution is 2.39. The van der Waals surface area contributed by atoms with Gasteiger partial charge in [0.2, 0.25) is 0 Å². The van der Waals surface area contributed by atoms with Crippen molar-refractivity contribution in [1.29, 1.82) is 0 Å². The van der Waals surface area contributed by atoms with Gasteiger partial charge in [0.25, 0.3) is 0 Å². The third-order valence-corrected chi connectivity index (χ3v) is 11.5. The zero-order valence-corrected chi connectivity index (χ0v) is 30.9. The number of hydrogen-bond donors (Lipinski definition) is 3. The molecule has 2 atom stereocenters. The number of amidine groups is 1. The fourth-order valence-corrected chi connectivity index (χ4v) is 8.83. The Balaban J connectivity index is 0.960. The van der Waals surface area contributed by atoms with E-state index in [4.69, 9.17) is 4.99 Å². The van der Waals surface area contributed by atoms with Crippen LogP contribution in [0.1, 0.15) is 41.1 Å². The SMILES string of the molecule is C1=Cc2c(n(-c3ccc(C4NC(C5=CCNC=C5)=NC(c5ccccc5)N4)cc3)c3ccc(-c4ccc5c(c4)c4ccccc4n5-c4ccccc4)cc23)CC1. The molecule has 0 bridgehead atoms. The van der Waals surface area contributed by atoms with Gasteiger partial charge in [-0.05, 0) is 102 Å². The Morgan fingerprint density at radius 2 is 1.29 bits per heavy atom. The normalized spacial score (nSPS) is 17.7. The van der Waals surface area contributed by atoms with Gasteiger partial charge in [0, 0.05) is 50.9 Å². The van der Waals surface area contributed by atoms with E-state index in [1.165, 1.54) is 66.5 Å². The lowest BCUT2D eigenvalue weighted by molar-refractivity contribution is 0.409. The van der Waals surface area contributed by atoms with Crippen LogP contribution in [0.3, 0.4) is 0 Å². The van der Waals surface area contributed by atoms with E-state index in [2.05, 4.69) is 195 Å². The van der Waals surface area contributed by atoms with Crippen molar-refractivity contribution >= 4 is 44.6 Å². The number of rotatable bonds is 6. The summed E-state index contributed by atoms with van der Waals surface area (Å²) >= 11 is 0. The Morgan fingerprint density at radius 1 is 0.589 bits per heavy atom. The first-order valence-electron chi connectivity index (χ1n) is 19.6. The van der Waals surface area contributed by atoms with Crippen LogP contribution in [0.2, 0.25) is 0 Å². The molecular weight excluding hydrogens is 685 g/mol.